The molecule has 1 aliphatic carbocycles. The molecule has 0 aromatic heterocycles. The van der Waals surface area contributed by atoms with Crippen molar-refractivity contribution in [2.75, 3.05) is 6.61 Å². The first kappa shape index (κ1) is 9.51. The van der Waals surface area contributed by atoms with Crippen LogP contribution < -0.4 is 0 Å². The Bertz CT molecular complexity index is 143. The van der Waals surface area contributed by atoms with Crippen LogP contribution in [-0.4, -0.2) is 12.7 Å². The van der Waals surface area contributed by atoms with Gasteiger partial charge in [-0.05, 0) is 24.7 Å². The van der Waals surface area contributed by atoms with Crippen LogP contribution in [0.4, 0.5) is 0 Å². The van der Waals surface area contributed by atoms with E-state index in [0.717, 1.165) is 18.4 Å². The first-order chi connectivity index (χ1) is 6.38. The molecule has 2 aliphatic rings. The van der Waals surface area contributed by atoms with Gasteiger partial charge in [0.15, 0.2) is 0 Å². The maximum Gasteiger partial charge on any atom is 0.0810 e. The molecule has 2 fully saturated rings. The number of rotatable bonds is 4. The Kier molecular flexibility index (Phi) is 3.26. The Morgan fingerprint density at radius 2 is 1.62 bits per heavy atom. The first-order valence-electron chi connectivity index (χ1n) is 6.00. The summed E-state index contributed by atoms with van der Waals surface area (Å²) in [5.41, 5.74) is 0. The zero-order valence-corrected chi connectivity index (χ0v) is 8.80. The molecule has 0 amide bonds. The van der Waals surface area contributed by atoms with Crippen LogP contribution in [0.25, 0.3) is 0 Å². The van der Waals surface area contributed by atoms with Crippen molar-refractivity contribution in [2.24, 2.45) is 11.8 Å². The molecule has 0 spiro atoms. The van der Waals surface area contributed by atoms with Crippen molar-refractivity contribution in [1.82, 2.24) is 0 Å². The topological polar surface area (TPSA) is 12.5 Å². The Labute approximate surface area is 81.9 Å². The second kappa shape index (κ2) is 4.45. The van der Waals surface area contributed by atoms with E-state index in [1.165, 1.54) is 44.9 Å². The summed E-state index contributed by atoms with van der Waals surface area (Å²) in [6.07, 6.45) is 10.8. The first-order valence-corrected chi connectivity index (χ1v) is 6.00. The highest BCUT2D eigenvalue weighted by Crippen LogP contribution is 2.34. The van der Waals surface area contributed by atoms with Crippen LogP contribution in [0.15, 0.2) is 0 Å². The minimum Gasteiger partial charge on any atom is -0.373 e. The summed E-state index contributed by atoms with van der Waals surface area (Å²) in [7, 11) is 0. The second-order valence-electron chi connectivity index (χ2n) is 4.83. The summed E-state index contributed by atoms with van der Waals surface area (Å²) in [6, 6.07) is 0. The minimum absolute atomic E-state index is 0.656. The second-order valence-corrected chi connectivity index (χ2v) is 4.83. The van der Waals surface area contributed by atoms with Crippen molar-refractivity contribution in [3.8, 4) is 0 Å². The van der Waals surface area contributed by atoms with E-state index in [1.54, 1.807) is 0 Å². The van der Waals surface area contributed by atoms with Crippen LogP contribution >= 0.6 is 0 Å². The number of hydrogen-bond donors (Lipinski definition) is 0. The van der Waals surface area contributed by atoms with Gasteiger partial charge in [0.2, 0.25) is 0 Å². The van der Waals surface area contributed by atoms with Crippen molar-refractivity contribution < 1.29 is 4.74 Å². The Morgan fingerprint density at radius 1 is 1.00 bits per heavy atom. The summed E-state index contributed by atoms with van der Waals surface area (Å²) in [5.74, 6) is 2.08. The molecule has 1 heteroatoms. The lowest BCUT2D eigenvalue weighted by atomic mass is 9.79. The van der Waals surface area contributed by atoms with E-state index < -0.39 is 0 Å². The highest BCUT2D eigenvalue weighted by Gasteiger charge is 2.25. The van der Waals surface area contributed by atoms with Crippen LogP contribution in [0.3, 0.4) is 0 Å². The highest BCUT2D eigenvalue weighted by molar-refractivity contribution is 4.75. The van der Waals surface area contributed by atoms with Crippen molar-refractivity contribution in [3.63, 3.8) is 0 Å². The summed E-state index contributed by atoms with van der Waals surface area (Å²) < 4.78 is 5.24. The molecule has 2 rings (SSSR count). The summed E-state index contributed by atoms with van der Waals surface area (Å²) in [6.45, 7) is 3.38. The Balaban J connectivity index is 1.59. The lowest BCUT2D eigenvalue weighted by Gasteiger charge is -2.27. The monoisotopic (exact) mass is 182 g/mol. The number of ether oxygens (including phenoxy) is 1. The minimum atomic E-state index is 0.656. The van der Waals surface area contributed by atoms with Gasteiger partial charge in [0.05, 0.1) is 12.7 Å². The molecule has 1 heterocycles. The zero-order chi connectivity index (χ0) is 9.10. The third-order valence-corrected chi connectivity index (χ3v) is 3.84. The third kappa shape index (κ3) is 2.98. The molecule has 0 bridgehead atoms. The van der Waals surface area contributed by atoms with E-state index in [0.29, 0.717) is 6.10 Å². The molecule has 1 atom stereocenters. The van der Waals surface area contributed by atoms with Gasteiger partial charge in [-0.3, -0.25) is 0 Å². The predicted octanol–water partition coefficient (Wildman–Crippen LogP) is 3.38. The van der Waals surface area contributed by atoms with Crippen LogP contribution in [0.2, 0.25) is 0 Å². The van der Waals surface area contributed by atoms with Crippen molar-refractivity contribution in [1.29, 1.82) is 0 Å². The van der Waals surface area contributed by atoms with E-state index in [2.05, 4.69) is 6.92 Å². The number of hydrogen-bond acceptors (Lipinski definition) is 1. The van der Waals surface area contributed by atoms with Crippen LogP contribution in [-0.2, 0) is 4.74 Å². The molecule has 1 aliphatic heterocycles. The summed E-state index contributed by atoms with van der Waals surface area (Å²) in [5, 5.41) is 0. The predicted molar refractivity (Wildman–Crippen MR) is 54.7 cm³/mol. The molecular weight excluding hydrogens is 160 g/mol. The van der Waals surface area contributed by atoms with Gasteiger partial charge < -0.3 is 4.74 Å². The molecular formula is C12H22O. The van der Waals surface area contributed by atoms with Gasteiger partial charge in [-0.25, -0.2) is 0 Å². The van der Waals surface area contributed by atoms with Crippen molar-refractivity contribution >= 4 is 0 Å². The van der Waals surface area contributed by atoms with Crippen molar-refractivity contribution in [2.45, 2.75) is 58.0 Å². The Morgan fingerprint density at radius 3 is 2.15 bits per heavy atom. The fraction of sp³-hybridized carbons (Fsp3) is 1.00. The van der Waals surface area contributed by atoms with Gasteiger partial charge in [0.1, 0.15) is 0 Å². The van der Waals surface area contributed by atoms with Gasteiger partial charge in [0.25, 0.3) is 0 Å². The normalized spacial score (nSPS) is 39.0. The SMILES string of the molecule is CCC1CCC(CCC2CO2)CC1. The van der Waals surface area contributed by atoms with E-state index in [4.69, 9.17) is 4.74 Å². The maximum absolute atomic E-state index is 5.24. The van der Waals surface area contributed by atoms with Gasteiger partial charge in [-0.15, -0.1) is 0 Å². The molecule has 0 aromatic carbocycles. The molecule has 13 heavy (non-hydrogen) atoms. The molecule has 1 unspecified atom stereocenters. The maximum atomic E-state index is 5.24. The van der Waals surface area contributed by atoms with E-state index in [9.17, 15) is 0 Å². The fourth-order valence-corrected chi connectivity index (χ4v) is 2.58. The standard InChI is InChI=1S/C12H22O/c1-2-10-3-5-11(6-4-10)7-8-12-9-13-12/h10-12H,2-9H2,1H3. The quantitative estimate of drug-likeness (QED) is 0.607. The third-order valence-electron chi connectivity index (χ3n) is 3.84. The summed E-state index contributed by atoms with van der Waals surface area (Å²) >= 11 is 0. The lowest BCUT2D eigenvalue weighted by Crippen LogP contribution is -2.14. The van der Waals surface area contributed by atoms with Crippen LogP contribution in [0.5, 0.6) is 0 Å². The zero-order valence-electron chi connectivity index (χ0n) is 8.80. The molecule has 0 N–H and O–H groups in total. The van der Waals surface area contributed by atoms with E-state index >= 15 is 0 Å². The molecule has 76 valence electrons. The molecule has 0 radical (unpaired) electrons. The average Bonchev–Trinajstić information content (AvgIpc) is 2.99. The van der Waals surface area contributed by atoms with Gasteiger partial charge in [-0.1, -0.05) is 39.0 Å². The van der Waals surface area contributed by atoms with Crippen LogP contribution in [0, 0.1) is 11.8 Å². The lowest BCUT2D eigenvalue weighted by molar-refractivity contribution is 0.248. The number of epoxide rings is 1. The largest absolute Gasteiger partial charge is 0.373 e. The van der Waals surface area contributed by atoms with E-state index in [1.807, 2.05) is 0 Å². The molecule has 1 saturated heterocycles. The summed E-state index contributed by atoms with van der Waals surface area (Å²) in [4.78, 5) is 0. The van der Waals surface area contributed by atoms with Crippen molar-refractivity contribution in [3.05, 3.63) is 0 Å². The van der Waals surface area contributed by atoms with Gasteiger partial charge >= 0.3 is 0 Å². The highest BCUT2D eigenvalue weighted by atomic mass is 16.6. The van der Waals surface area contributed by atoms with Crippen LogP contribution in [0.1, 0.15) is 51.9 Å². The smallest absolute Gasteiger partial charge is 0.0810 e. The van der Waals surface area contributed by atoms with Gasteiger partial charge in [-0.2, -0.15) is 0 Å². The fourth-order valence-electron chi connectivity index (χ4n) is 2.58. The Hall–Kier alpha value is -0.0400. The van der Waals surface area contributed by atoms with Gasteiger partial charge in [0, 0.05) is 0 Å². The average molecular weight is 182 g/mol. The van der Waals surface area contributed by atoms with E-state index in [-0.39, 0.29) is 0 Å². The molecule has 0 aromatic rings. The molecule has 1 saturated carbocycles. The molecule has 1 nitrogen and oxygen atoms in total.